The molecule has 0 radical (unpaired) electrons. The number of unbranched alkanes of at least 4 members (excludes halogenated alkanes) is 4. The quantitative estimate of drug-likeness (QED) is 0.464. The van der Waals surface area contributed by atoms with Gasteiger partial charge in [0.05, 0.1) is 0 Å². The van der Waals surface area contributed by atoms with E-state index >= 15 is 0 Å². The first kappa shape index (κ1) is 56.2. The molecule has 0 amide bonds. The molecule has 0 aliphatic rings. The largest absolute Gasteiger partial charge is 0.0776 e. The highest BCUT2D eigenvalue weighted by molar-refractivity contribution is 4.24. The van der Waals surface area contributed by atoms with Gasteiger partial charge >= 0.3 is 0 Å². The first-order valence-electron chi connectivity index (χ1n) is 4.83. The highest BCUT2D eigenvalue weighted by Crippen LogP contribution is 1.88. The molecule has 0 aromatic carbocycles. The Balaban J connectivity index is -0.00000000970. The second-order valence-corrected chi connectivity index (χ2v) is 2.71. The SMILES string of the molecule is C.C.C.C.C.C.CCCCC.CCCCC. The fourth-order valence-electron chi connectivity index (χ4n) is 0.707. The summed E-state index contributed by atoms with van der Waals surface area (Å²) in [5.74, 6) is 0. The van der Waals surface area contributed by atoms with E-state index in [1.165, 1.54) is 38.5 Å². The van der Waals surface area contributed by atoms with Crippen molar-refractivity contribution >= 4 is 0 Å². The van der Waals surface area contributed by atoms with Crippen molar-refractivity contribution in [2.75, 3.05) is 0 Å². The van der Waals surface area contributed by atoms with Crippen LogP contribution in [0.1, 0.15) is 111 Å². The Morgan fingerprint density at radius 3 is 0.500 bits per heavy atom. The maximum atomic E-state index is 2.21. The molecular formula is C16H48. The predicted molar refractivity (Wildman–Crippen MR) is 90.8 cm³/mol. The molecule has 0 atom stereocenters. The third-order valence-electron chi connectivity index (χ3n) is 1.41. The standard InChI is InChI=1S/2C5H12.6CH4/c2*1-3-5-4-2;;;;;;/h2*3-5H2,1-2H3;6*1H4. The van der Waals surface area contributed by atoms with Crippen molar-refractivity contribution in [1.82, 2.24) is 0 Å². The normalized spacial score (nSPS) is 5.25. The van der Waals surface area contributed by atoms with Gasteiger partial charge in [-0.05, 0) is 0 Å². The molecule has 0 saturated heterocycles. The lowest BCUT2D eigenvalue weighted by Crippen LogP contribution is -1.59. The molecular weight excluding hydrogens is 192 g/mol. The van der Waals surface area contributed by atoms with Gasteiger partial charge in [-0.2, -0.15) is 0 Å². The molecule has 0 unspecified atom stereocenters. The van der Waals surface area contributed by atoms with Gasteiger partial charge in [0, 0.05) is 0 Å². The summed E-state index contributed by atoms with van der Waals surface area (Å²) in [6.07, 6.45) is 8.15. The molecule has 0 aliphatic carbocycles. The van der Waals surface area contributed by atoms with Crippen LogP contribution in [-0.4, -0.2) is 0 Å². The van der Waals surface area contributed by atoms with Gasteiger partial charge in [-0.25, -0.2) is 0 Å². The molecule has 0 spiro atoms. The van der Waals surface area contributed by atoms with Gasteiger partial charge in [-0.3, -0.25) is 0 Å². The molecule has 0 N–H and O–H groups in total. The Morgan fingerprint density at radius 2 is 0.500 bits per heavy atom. The molecule has 16 heavy (non-hydrogen) atoms. The van der Waals surface area contributed by atoms with Crippen LogP contribution in [-0.2, 0) is 0 Å². The molecule has 0 bridgehead atoms. The van der Waals surface area contributed by atoms with Crippen LogP contribution in [0.15, 0.2) is 0 Å². The predicted octanol–water partition coefficient (Wildman–Crippen LogP) is 8.21. The molecule has 0 fully saturated rings. The maximum Gasteiger partial charge on any atom is -0.0538 e. The summed E-state index contributed by atoms with van der Waals surface area (Å²) >= 11 is 0. The zero-order valence-corrected chi connectivity index (χ0v) is 8.24. The third kappa shape index (κ3) is 148. The fraction of sp³-hybridized carbons (Fsp3) is 1.00. The van der Waals surface area contributed by atoms with Gasteiger partial charge in [-0.1, -0.05) is 111 Å². The van der Waals surface area contributed by atoms with Gasteiger partial charge in [0.25, 0.3) is 0 Å². The second-order valence-electron chi connectivity index (χ2n) is 2.71. The minimum Gasteiger partial charge on any atom is -0.0776 e. The van der Waals surface area contributed by atoms with Gasteiger partial charge in [0.15, 0.2) is 0 Å². The van der Waals surface area contributed by atoms with E-state index < -0.39 is 0 Å². The number of hydrogen-bond donors (Lipinski definition) is 0. The zero-order chi connectivity index (χ0) is 8.24. The smallest absolute Gasteiger partial charge is 0.0538 e. The van der Waals surface area contributed by atoms with Crippen molar-refractivity contribution in [3.05, 3.63) is 0 Å². The number of rotatable bonds is 4. The van der Waals surface area contributed by atoms with Gasteiger partial charge < -0.3 is 0 Å². The molecule has 0 heterocycles. The molecule has 0 aromatic heterocycles. The van der Waals surface area contributed by atoms with Crippen molar-refractivity contribution in [2.45, 2.75) is 111 Å². The first-order valence-corrected chi connectivity index (χ1v) is 4.83. The Hall–Kier alpha value is 0. The summed E-state index contributed by atoms with van der Waals surface area (Å²) in [7, 11) is 0. The van der Waals surface area contributed by atoms with Crippen molar-refractivity contribution in [3.8, 4) is 0 Å². The van der Waals surface area contributed by atoms with E-state index in [1.54, 1.807) is 0 Å². The lowest BCUT2D eigenvalue weighted by atomic mass is 10.3. The van der Waals surface area contributed by atoms with Crippen LogP contribution >= 0.6 is 0 Å². The minimum absolute atomic E-state index is 0. The van der Waals surface area contributed by atoms with Crippen molar-refractivity contribution in [1.29, 1.82) is 0 Å². The average molecular weight is 241 g/mol. The number of hydrogen-bond acceptors (Lipinski definition) is 0. The van der Waals surface area contributed by atoms with Crippen LogP contribution < -0.4 is 0 Å². The van der Waals surface area contributed by atoms with Crippen LogP contribution in [0.5, 0.6) is 0 Å². The molecule has 0 saturated carbocycles. The molecule has 0 rings (SSSR count). The Bertz CT molecular complexity index is 21.0. The Labute approximate surface area is 111 Å². The fourth-order valence-corrected chi connectivity index (χ4v) is 0.707. The topological polar surface area (TPSA) is 0 Å². The van der Waals surface area contributed by atoms with E-state index in [4.69, 9.17) is 0 Å². The first-order chi connectivity index (χ1) is 4.83. The lowest BCUT2D eigenvalue weighted by molar-refractivity contribution is 0.772. The molecule has 0 aliphatic heterocycles. The highest BCUT2D eigenvalue weighted by Gasteiger charge is 1.68. The average Bonchev–Trinajstić information content (AvgIpc) is 1.93. The molecule has 0 nitrogen and oxygen atoms in total. The lowest BCUT2D eigenvalue weighted by Gasteiger charge is -1.79. The second kappa shape index (κ2) is 81.7. The molecule has 0 heteroatoms. The monoisotopic (exact) mass is 240 g/mol. The summed E-state index contributed by atoms with van der Waals surface area (Å²) in [5, 5.41) is 0. The zero-order valence-electron chi connectivity index (χ0n) is 8.24. The van der Waals surface area contributed by atoms with Crippen LogP contribution in [0.25, 0.3) is 0 Å². The summed E-state index contributed by atoms with van der Waals surface area (Å²) in [6, 6.07) is 0. The van der Waals surface area contributed by atoms with Gasteiger partial charge in [-0.15, -0.1) is 0 Å². The van der Waals surface area contributed by atoms with Crippen LogP contribution in [0.4, 0.5) is 0 Å². The van der Waals surface area contributed by atoms with E-state index in [0.717, 1.165) is 0 Å². The van der Waals surface area contributed by atoms with Crippen LogP contribution in [0.3, 0.4) is 0 Å². The van der Waals surface area contributed by atoms with Crippen molar-refractivity contribution in [2.24, 2.45) is 0 Å². The van der Waals surface area contributed by atoms with Gasteiger partial charge in [0.1, 0.15) is 0 Å². The minimum atomic E-state index is 0. The Morgan fingerprint density at radius 1 is 0.375 bits per heavy atom. The van der Waals surface area contributed by atoms with E-state index in [2.05, 4.69) is 27.7 Å². The third-order valence-corrected chi connectivity index (χ3v) is 1.41. The molecule has 112 valence electrons. The van der Waals surface area contributed by atoms with E-state index in [1.807, 2.05) is 0 Å². The van der Waals surface area contributed by atoms with Crippen LogP contribution in [0, 0.1) is 0 Å². The summed E-state index contributed by atoms with van der Waals surface area (Å²) in [4.78, 5) is 0. The Kier molecular flexibility index (Phi) is 287. The maximum absolute atomic E-state index is 2.21. The van der Waals surface area contributed by atoms with Crippen molar-refractivity contribution < 1.29 is 0 Å². The van der Waals surface area contributed by atoms with Gasteiger partial charge in [0.2, 0.25) is 0 Å². The van der Waals surface area contributed by atoms with E-state index in [0.29, 0.717) is 0 Å². The highest BCUT2D eigenvalue weighted by atomic mass is 13.7. The van der Waals surface area contributed by atoms with E-state index in [-0.39, 0.29) is 44.6 Å². The molecule has 0 aromatic rings. The summed E-state index contributed by atoms with van der Waals surface area (Å²) in [5.41, 5.74) is 0. The summed E-state index contributed by atoms with van der Waals surface area (Å²) < 4.78 is 0. The van der Waals surface area contributed by atoms with Crippen LogP contribution in [0.2, 0.25) is 0 Å². The summed E-state index contributed by atoms with van der Waals surface area (Å²) in [6.45, 7) is 8.85. The van der Waals surface area contributed by atoms with Crippen molar-refractivity contribution in [3.63, 3.8) is 0 Å². The van der Waals surface area contributed by atoms with E-state index in [9.17, 15) is 0 Å².